The lowest BCUT2D eigenvalue weighted by molar-refractivity contribution is -0.384. The lowest BCUT2D eigenvalue weighted by Gasteiger charge is -2.06. The quantitative estimate of drug-likeness (QED) is 0.390. The number of nitrogens with zero attached hydrogens (tertiary/aromatic N) is 3. The molecule has 9 heteroatoms. The van der Waals surface area contributed by atoms with Gasteiger partial charge in [0, 0.05) is 11.6 Å². The van der Waals surface area contributed by atoms with E-state index in [4.69, 9.17) is 14.4 Å². The zero-order valence-corrected chi connectivity index (χ0v) is 13.2. The van der Waals surface area contributed by atoms with E-state index in [0.29, 0.717) is 11.1 Å². The molecule has 0 aliphatic rings. The summed E-state index contributed by atoms with van der Waals surface area (Å²) in [7, 11) is 0. The van der Waals surface area contributed by atoms with Crippen LogP contribution in [-0.2, 0) is 22.7 Å². The number of aromatic nitrogens is 1. The summed E-state index contributed by atoms with van der Waals surface area (Å²) in [4.78, 5) is 34.1. The number of fused-ring (bicyclic) bond motifs is 1. The molecule has 130 valence electrons. The number of hydrogen-bond acceptors (Lipinski definition) is 7. The number of carbonyl (C=O) groups excluding carboxylic acids is 1. The Morgan fingerprint density at radius 1 is 1.31 bits per heavy atom. The van der Waals surface area contributed by atoms with Crippen LogP contribution in [0.25, 0.3) is 11.1 Å². The molecule has 0 unspecified atom stereocenters. The van der Waals surface area contributed by atoms with Crippen molar-refractivity contribution in [1.29, 1.82) is 5.26 Å². The van der Waals surface area contributed by atoms with Gasteiger partial charge in [-0.3, -0.25) is 19.5 Å². The monoisotopic (exact) mass is 353 g/mol. The van der Waals surface area contributed by atoms with Crippen LogP contribution in [0, 0.1) is 21.4 Å². The first-order chi connectivity index (χ1) is 12.5. The Bertz CT molecular complexity index is 1110. The van der Waals surface area contributed by atoms with Gasteiger partial charge in [0.15, 0.2) is 5.58 Å². The van der Waals surface area contributed by atoms with Gasteiger partial charge < -0.3 is 9.15 Å². The highest BCUT2D eigenvalue weighted by Gasteiger charge is 2.17. The molecule has 3 rings (SSSR count). The molecule has 26 heavy (non-hydrogen) atoms. The van der Waals surface area contributed by atoms with Crippen LogP contribution in [-0.4, -0.2) is 15.5 Å². The molecule has 0 fully saturated rings. The molecule has 9 nitrogen and oxygen atoms in total. The fourth-order valence-corrected chi connectivity index (χ4v) is 2.41. The molecule has 0 spiro atoms. The number of nitriles is 1. The maximum atomic E-state index is 12.0. The summed E-state index contributed by atoms with van der Waals surface area (Å²) in [6, 6.07) is 12.3. The predicted octanol–water partition coefficient (Wildman–Crippen LogP) is 2.12. The van der Waals surface area contributed by atoms with E-state index >= 15 is 0 Å². The molecular weight excluding hydrogens is 342 g/mol. The average Bonchev–Trinajstić information content (AvgIpc) is 2.94. The van der Waals surface area contributed by atoms with E-state index in [1.54, 1.807) is 24.3 Å². The summed E-state index contributed by atoms with van der Waals surface area (Å²) in [6.45, 7) is -0.531. The highest BCUT2D eigenvalue weighted by atomic mass is 16.6. The van der Waals surface area contributed by atoms with E-state index in [-0.39, 0.29) is 23.4 Å². The number of esters is 1. The van der Waals surface area contributed by atoms with Crippen LogP contribution in [0.3, 0.4) is 0 Å². The number of benzene rings is 2. The molecule has 0 bridgehead atoms. The van der Waals surface area contributed by atoms with Gasteiger partial charge in [-0.25, -0.2) is 4.79 Å². The maximum absolute atomic E-state index is 12.0. The number of oxazole rings is 1. The zero-order chi connectivity index (χ0) is 18.7. The van der Waals surface area contributed by atoms with Crippen LogP contribution in [0.5, 0.6) is 0 Å². The van der Waals surface area contributed by atoms with Crippen molar-refractivity contribution in [3.05, 3.63) is 74.3 Å². The van der Waals surface area contributed by atoms with Crippen molar-refractivity contribution >= 4 is 22.8 Å². The molecule has 1 heterocycles. The Kier molecular flexibility index (Phi) is 4.49. The van der Waals surface area contributed by atoms with Crippen LogP contribution >= 0.6 is 0 Å². The number of non-ortho nitro benzene ring substituents is 1. The number of carbonyl (C=O) groups is 1. The smallest absolute Gasteiger partial charge is 0.420 e. The van der Waals surface area contributed by atoms with Crippen LogP contribution < -0.4 is 5.76 Å². The molecular formula is C17H11N3O6. The minimum atomic E-state index is -0.824. The average molecular weight is 353 g/mol. The third kappa shape index (κ3) is 3.29. The number of rotatable bonds is 5. The number of ether oxygens (including phenoxy) is 1. The van der Waals surface area contributed by atoms with E-state index in [0.717, 1.165) is 10.6 Å². The topological polar surface area (TPSA) is 128 Å². The molecule has 0 amide bonds. The van der Waals surface area contributed by atoms with Gasteiger partial charge in [0.25, 0.3) is 5.69 Å². The van der Waals surface area contributed by atoms with Crippen molar-refractivity contribution in [2.45, 2.75) is 13.2 Å². The van der Waals surface area contributed by atoms with E-state index in [1.807, 2.05) is 6.07 Å². The Balaban J connectivity index is 1.77. The van der Waals surface area contributed by atoms with Gasteiger partial charge in [0.2, 0.25) is 0 Å². The van der Waals surface area contributed by atoms with Crippen LogP contribution in [0.2, 0.25) is 0 Å². The first-order valence-corrected chi connectivity index (χ1v) is 7.41. The standard InChI is InChI=1S/C17H11N3O6/c18-8-11-3-1-2-4-12(11)10-25-16(21)9-19-14-6-5-13(20(23)24)7-15(14)26-17(19)22/h1-7H,9-10H2. The Hall–Kier alpha value is -3.93. The molecule has 0 radical (unpaired) electrons. The molecule has 0 saturated heterocycles. The normalized spacial score (nSPS) is 10.4. The molecule has 3 aromatic rings. The first kappa shape index (κ1) is 16.9. The molecule has 0 aliphatic carbocycles. The molecule has 0 aliphatic heterocycles. The summed E-state index contributed by atoms with van der Waals surface area (Å²) >= 11 is 0. The third-order valence-corrected chi connectivity index (χ3v) is 3.68. The predicted molar refractivity (Wildman–Crippen MR) is 88.1 cm³/mol. The Labute approximate surface area is 145 Å². The summed E-state index contributed by atoms with van der Waals surface area (Å²) in [5.74, 6) is -1.53. The molecule has 2 aromatic carbocycles. The van der Waals surface area contributed by atoms with Gasteiger partial charge >= 0.3 is 11.7 Å². The lowest BCUT2D eigenvalue weighted by atomic mass is 10.1. The zero-order valence-electron chi connectivity index (χ0n) is 13.2. The minimum Gasteiger partial charge on any atom is -0.459 e. The van der Waals surface area contributed by atoms with Gasteiger partial charge in [-0.1, -0.05) is 18.2 Å². The fourth-order valence-electron chi connectivity index (χ4n) is 2.41. The maximum Gasteiger partial charge on any atom is 0.420 e. The Morgan fingerprint density at radius 3 is 2.81 bits per heavy atom. The summed E-state index contributed by atoms with van der Waals surface area (Å²) in [6.07, 6.45) is 0. The van der Waals surface area contributed by atoms with Crippen molar-refractivity contribution in [1.82, 2.24) is 4.57 Å². The van der Waals surface area contributed by atoms with Gasteiger partial charge in [-0.2, -0.15) is 5.26 Å². The van der Waals surface area contributed by atoms with Crippen molar-refractivity contribution in [3.63, 3.8) is 0 Å². The van der Waals surface area contributed by atoms with E-state index in [1.165, 1.54) is 12.1 Å². The second-order valence-electron chi connectivity index (χ2n) is 5.29. The van der Waals surface area contributed by atoms with E-state index in [2.05, 4.69) is 0 Å². The van der Waals surface area contributed by atoms with Crippen molar-refractivity contribution < 1.29 is 18.9 Å². The van der Waals surface area contributed by atoms with Gasteiger partial charge in [-0.05, 0) is 12.1 Å². The second kappa shape index (κ2) is 6.90. The molecule has 0 atom stereocenters. The van der Waals surface area contributed by atoms with Gasteiger partial charge in [0.05, 0.1) is 28.1 Å². The van der Waals surface area contributed by atoms with Crippen molar-refractivity contribution in [2.75, 3.05) is 0 Å². The molecule has 1 aromatic heterocycles. The summed E-state index contributed by atoms with van der Waals surface area (Å²) in [5, 5.41) is 19.8. The number of nitro benzene ring substituents is 1. The summed E-state index contributed by atoms with van der Waals surface area (Å²) in [5.41, 5.74) is 0.956. The summed E-state index contributed by atoms with van der Waals surface area (Å²) < 4.78 is 11.1. The first-order valence-electron chi connectivity index (χ1n) is 7.41. The van der Waals surface area contributed by atoms with E-state index < -0.39 is 23.2 Å². The van der Waals surface area contributed by atoms with Gasteiger partial charge in [-0.15, -0.1) is 0 Å². The van der Waals surface area contributed by atoms with Crippen LogP contribution in [0.4, 0.5) is 5.69 Å². The van der Waals surface area contributed by atoms with Crippen LogP contribution in [0.1, 0.15) is 11.1 Å². The fraction of sp³-hybridized carbons (Fsp3) is 0.118. The Morgan fingerprint density at radius 2 is 2.08 bits per heavy atom. The molecule has 0 saturated carbocycles. The van der Waals surface area contributed by atoms with Crippen LogP contribution in [0.15, 0.2) is 51.7 Å². The van der Waals surface area contributed by atoms with Crippen molar-refractivity contribution in [3.8, 4) is 6.07 Å². The number of hydrogen-bond donors (Lipinski definition) is 0. The third-order valence-electron chi connectivity index (χ3n) is 3.68. The van der Waals surface area contributed by atoms with E-state index in [9.17, 15) is 19.7 Å². The minimum absolute atomic E-state index is 0.00632. The van der Waals surface area contributed by atoms with Crippen molar-refractivity contribution in [2.24, 2.45) is 0 Å². The highest BCUT2D eigenvalue weighted by Crippen LogP contribution is 2.20. The largest absolute Gasteiger partial charge is 0.459 e. The van der Waals surface area contributed by atoms with Gasteiger partial charge in [0.1, 0.15) is 13.2 Å². The number of nitro groups is 1. The highest BCUT2D eigenvalue weighted by molar-refractivity contribution is 5.78. The lowest BCUT2D eigenvalue weighted by Crippen LogP contribution is -2.21. The second-order valence-corrected chi connectivity index (χ2v) is 5.29. The SMILES string of the molecule is N#Cc1ccccc1COC(=O)Cn1c(=O)oc2cc([N+](=O)[O-])ccc21. The molecule has 0 N–H and O–H groups in total.